The molecule has 1 N–H and O–H groups in total. The molecule has 1 aliphatic carbocycles. The van der Waals surface area contributed by atoms with Gasteiger partial charge in [0.05, 0.1) is 19.1 Å². The SMILES string of the molecule is O=C(Nc1cccc(C(=O)N2CCOCC2)c1)C1CCCCC1C(F)(F)F. The van der Waals surface area contributed by atoms with E-state index in [-0.39, 0.29) is 18.7 Å². The van der Waals surface area contributed by atoms with E-state index >= 15 is 0 Å². The summed E-state index contributed by atoms with van der Waals surface area (Å²) in [4.78, 5) is 26.7. The molecule has 8 heteroatoms. The number of rotatable bonds is 3. The molecule has 1 saturated heterocycles. The number of halogens is 3. The minimum atomic E-state index is -4.38. The van der Waals surface area contributed by atoms with Gasteiger partial charge in [0.1, 0.15) is 0 Å². The van der Waals surface area contributed by atoms with E-state index in [0.29, 0.717) is 50.4 Å². The number of carbonyl (C=O) groups excluding carboxylic acids is 2. The zero-order valence-electron chi connectivity index (χ0n) is 14.9. The smallest absolute Gasteiger partial charge is 0.378 e. The first kappa shape index (κ1) is 19.7. The Balaban J connectivity index is 1.69. The van der Waals surface area contributed by atoms with Crippen molar-refractivity contribution >= 4 is 17.5 Å². The number of amides is 2. The van der Waals surface area contributed by atoms with Gasteiger partial charge in [0.2, 0.25) is 5.91 Å². The van der Waals surface area contributed by atoms with Crippen LogP contribution in [0.2, 0.25) is 0 Å². The monoisotopic (exact) mass is 384 g/mol. The summed E-state index contributed by atoms with van der Waals surface area (Å²) in [7, 11) is 0. The largest absolute Gasteiger partial charge is 0.392 e. The fourth-order valence-corrected chi connectivity index (χ4v) is 3.75. The number of alkyl halides is 3. The molecule has 1 heterocycles. The van der Waals surface area contributed by atoms with Crippen LogP contribution < -0.4 is 5.32 Å². The van der Waals surface area contributed by atoms with Gasteiger partial charge < -0.3 is 15.0 Å². The zero-order chi connectivity index (χ0) is 19.4. The summed E-state index contributed by atoms with van der Waals surface area (Å²) in [6.07, 6.45) is -3.08. The van der Waals surface area contributed by atoms with Crippen molar-refractivity contribution in [1.82, 2.24) is 4.90 Å². The van der Waals surface area contributed by atoms with Gasteiger partial charge in [-0.3, -0.25) is 9.59 Å². The van der Waals surface area contributed by atoms with Crippen LogP contribution >= 0.6 is 0 Å². The van der Waals surface area contributed by atoms with Gasteiger partial charge in [0.25, 0.3) is 5.91 Å². The number of morpholine rings is 1. The Bertz CT molecular complexity index is 687. The summed E-state index contributed by atoms with van der Waals surface area (Å²) in [5.41, 5.74) is 0.733. The Morgan fingerprint density at radius 1 is 1.11 bits per heavy atom. The summed E-state index contributed by atoms with van der Waals surface area (Å²) in [5.74, 6) is -3.50. The number of hydrogen-bond acceptors (Lipinski definition) is 3. The minimum absolute atomic E-state index is 0.0167. The van der Waals surface area contributed by atoms with Gasteiger partial charge in [0.15, 0.2) is 0 Å². The average Bonchev–Trinajstić information content (AvgIpc) is 2.67. The van der Waals surface area contributed by atoms with Crippen molar-refractivity contribution in [2.45, 2.75) is 31.9 Å². The maximum atomic E-state index is 13.2. The Hall–Kier alpha value is -2.09. The van der Waals surface area contributed by atoms with Gasteiger partial charge in [-0.05, 0) is 31.0 Å². The van der Waals surface area contributed by atoms with Crippen molar-refractivity contribution < 1.29 is 27.5 Å². The van der Waals surface area contributed by atoms with Crippen LogP contribution in [0.5, 0.6) is 0 Å². The molecule has 0 spiro atoms. The number of ether oxygens (including phenoxy) is 1. The highest BCUT2D eigenvalue weighted by Crippen LogP contribution is 2.41. The first-order chi connectivity index (χ1) is 12.9. The lowest BCUT2D eigenvalue weighted by atomic mass is 9.78. The van der Waals surface area contributed by atoms with Crippen LogP contribution in [0, 0.1) is 11.8 Å². The van der Waals surface area contributed by atoms with Gasteiger partial charge in [-0.25, -0.2) is 0 Å². The lowest BCUT2D eigenvalue weighted by Crippen LogP contribution is -2.41. The highest BCUT2D eigenvalue weighted by atomic mass is 19.4. The predicted molar refractivity (Wildman–Crippen MR) is 93.3 cm³/mol. The minimum Gasteiger partial charge on any atom is -0.378 e. The van der Waals surface area contributed by atoms with Gasteiger partial charge >= 0.3 is 6.18 Å². The fraction of sp³-hybridized carbons (Fsp3) is 0.579. The molecule has 1 aliphatic heterocycles. The van der Waals surface area contributed by atoms with Crippen LogP contribution in [0.15, 0.2) is 24.3 Å². The Morgan fingerprint density at radius 3 is 2.52 bits per heavy atom. The van der Waals surface area contributed by atoms with Crippen LogP contribution in [-0.2, 0) is 9.53 Å². The molecule has 2 fully saturated rings. The van der Waals surface area contributed by atoms with Crippen LogP contribution in [0.25, 0.3) is 0 Å². The van der Waals surface area contributed by atoms with Gasteiger partial charge in [0, 0.05) is 30.3 Å². The first-order valence-corrected chi connectivity index (χ1v) is 9.21. The second-order valence-corrected chi connectivity index (χ2v) is 7.01. The standard InChI is InChI=1S/C19H23F3N2O3/c20-19(21,22)16-7-2-1-6-15(16)17(25)23-14-5-3-4-13(12-14)18(26)24-8-10-27-11-9-24/h3-5,12,15-16H,1-2,6-11H2,(H,23,25). The molecule has 2 atom stereocenters. The van der Waals surface area contributed by atoms with Crippen molar-refractivity contribution in [2.75, 3.05) is 31.6 Å². The molecule has 3 rings (SSSR count). The zero-order valence-corrected chi connectivity index (χ0v) is 14.9. The van der Waals surface area contributed by atoms with Crippen LogP contribution in [-0.4, -0.2) is 49.2 Å². The molecule has 5 nitrogen and oxygen atoms in total. The van der Waals surface area contributed by atoms with E-state index in [9.17, 15) is 22.8 Å². The predicted octanol–water partition coefficient (Wildman–Crippen LogP) is 3.47. The molecule has 1 saturated carbocycles. The van der Waals surface area contributed by atoms with E-state index in [0.717, 1.165) is 0 Å². The van der Waals surface area contributed by atoms with Crippen molar-refractivity contribution in [1.29, 1.82) is 0 Å². The highest BCUT2D eigenvalue weighted by Gasteiger charge is 2.48. The molecule has 148 valence electrons. The number of benzene rings is 1. The van der Waals surface area contributed by atoms with Gasteiger partial charge in [-0.15, -0.1) is 0 Å². The third-order valence-corrected chi connectivity index (χ3v) is 5.20. The molecule has 0 bridgehead atoms. The van der Waals surface area contributed by atoms with E-state index < -0.39 is 23.9 Å². The average molecular weight is 384 g/mol. The summed E-state index contributed by atoms with van der Waals surface area (Å²) in [6, 6.07) is 6.35. The third-order valence-electron chi connectivity index (χ3n) is 5.20. The Morgan fingerprint density at radius 2 is 1.81 bits per heavy atom. The third kappa shape index (κ3) is 4.80. The lowest BCUT2D eigenvalue weighted by Gasteiger charge is -2.32. The second-order valence-electron chi connectivity index (χ2n) is 7.01. The normalized spacial score (nSPS) is 23.7. The molecule has 2 amide bonds. The topological polar surface area (TPSA) is 58.6 Å². The molecular formula is C19H23F3N2O3. The van der Waals surface area contributed by atoms with Gasteiger partial charge in [-0.2, -0.15) is 13.2 Å². The quantitative estimate of drug-likeness (QED) is 0.868. The Kier molecular flexibility index (Phi) is 6.04. The van der Waals surface area contributed by atoms with E-state index in [1.807, 2.05) is 0 Å². The van der Waals surface area contributed by atoms with Crippen molar-refractivity contribution in [3.05, 3.63) is 29.8 Å². The van der Waals surface area contributed by atoms with Crippen LogP contribution in [0.1, 0.15) is 36.0 Å². The number of nitrogens with zero attached hydrogens (tertiary/aromatic N) is 1. The number of anilines is 1. The van der Waals surface area contributed by atoms with E-state index in [1.54, 1.807) is 23.1 Å². The van der Waals surface area contributed by atoms with Crippen LogP contribution in [0.4, 0.5) is 18.9 Å². The Labute approximate surface area is 155 Å². The maximum Gasteiger partial charge on any atom is 0.392 e. The van der Waals surface area contributed by atoms with E-state index in [2.05, 4.69) is 5.32 Å². The summed E-state index contributed by atoms with van der Waals surface area (Å²) in [5, 5.41) is 2.58. The summed E-state index contributed by atoms with van der Waals surface area (Å²) in [6.45, 7) is 1.93. The van der Waals surface area contributed by atoms with E-state index in [4.69, 9.17) is 4.74 Å². The number of carbonyl (C=O) groups is 2. The second kappa shape index (κ2) is 8.29. The molecule has 0 aromatic heterocycles. The molecule has 27 heavy (non-hydrogen) atoms. The van der Waals surface area contributed by atoms with Crippen LogP contribution in [0.3, 0.4) is 0 Å². The van der Waals surface area contributed by atoms with Crippen molar-refractivity contribution in [3.8, 4) is 0 Å². The summed E-state index contributed by atoms with van der Waals surface area (Å²) >= 11 is 0. The van der Waals surface area contributed by atoms with Crippen molar-refractivity contribution in [3.63, 3.8) is 0 Å². The lowest BCUT2D eigenvalue weighted by molar-refractivity contribution is -0.197. The number of hydrogen-bond donors (Lipinski definition) is 1. The number of nitrogens with one attached hydrogen (secondary N) is 1. The van der Waals surface area contributed by atoms with Gasteiger partial charge in [-0.1, -0.05) is 18.9 Å². The fourth-order valence-electron chi connectivity index (χ4n) is 3.75. The molecule has 1 aromatic rings. The summed E-state index contributed by atoms with van der Waals surface area (Å²) < 4.78 is 44.9. The molecular weight excluding hydrogens is 361 g/mol. The highest BCUT2D eigenvalue weighted by molar-refractivity contribution is 5.97. The maximum absolute atomic E-state index is 13.2. The molecule has 2 aliphatic rings. The molecule has 1 aromatic carbocycles. The first-order valence-electron chi connectivity index (χ1n) is 9.21. The molecule has 0 radical (unpaired) electrons. The van der Waals surface area contributed by atoms with Crippen molar-refractivity contribution in [2.24, 2.45) is 11.8 Å². The van der Waals surface area contributed by atoms with E-state index in [1.165, 1.54) is 6.07 Å². The molecule has 2 unspecified atom stereocenters.